The molecule has 0 aliphatic heterocycles. The largest absolute Gasteiger partial charge is 0.367 e. The number of para-hydroxylation sites is 1. The van der Waals surface area contributed by atoms with Gasteiger partial charge in [-0.3, -0.25) is 4.79 Å². The zero-order valence-electron chi connectivity index (χ0n) is 16.2. The van der Waals surface area contributed by atoms with Crippen molar-refractivity contribution in [2.24, 2.45) is 0 Å². The first kappa shape index (κ1) is 19.3. The van der Waals surface area contributed by atoms with Crippen molar-refractivity contribution < 1.29 is 13.6 Å². The third kappa shape index (κ3) is 4.36. The number of nitrogens with one attached hydrogen (secondary N) is 2. The predicted molar refractivity (Wildman–Crippen MR) is 110 cm³/mol. The molecule has 0 bridgehead atoms. The minimum atomic E-state index is -1.01. The molecule has 0 spiro atoms. The molecule has 0 radical (unpaired) electrons. The van der Waals surface area contributed by atoms with E-state index < -0.39 is 11.6 Å². The van der Waals surface area contributed by atoms with E-state index in [0.717, 1.165) is 54.5 Å². The molecule has 4 rings (SSSR count). The van der Waals surface area contributed by atoms with E-state index in [1.807, 2.05) is 18.2 Å². The molecule has 4 nitrogen and oxygen atoms in total. The Kier molecular flexibility index (Phi) is 5.43. The minimum Gasteiger partial charge on any atom is -0.367 e. The smallest absolute Gasteiger partial charge is 0.251 e. The number of amides is 1. The molecule has 1 heterocycles. The van der Waals surface area contributed by atoms with Crippen molar-refractivity contribution in [3.05, 3.63) is 71.3 Å². The standard InChI is InChI=1S/C23H23F2N3O/c1-14-12-22(28-21-5-3-2-4-18(14)21)26-16-7-9-17(10-8-16)27-23(29)15-6-11-19(24)20(25)13-15/h2-6,11-13,16-17H,7-10H2,1H3,(H,26,28)(H,27,29). The van der Waals surface area contributed by atoms with Crippen molar-refractivity contribution in [2.45, 2.75) is 44.7 Å². The first-order valence-corrected chi connectivity index (χ1v) is 9.88. The van der Waals surface area contributed by atoms with Crippen LogP contribution in [0.5, 0.6) is 0 Å². The van der Waals surface area contributed by atoms with Gasteiger partial charge in [0, 0.05) is 23.0 Å². The highest BCUT2D eigenvalue weighted by Crippen LogP contribution is 2.25. The highest BCUT2D eigenvalue weighted by atomic mass is 19.2. The number of nitrogens with zero attached hydrogens (tertiary/aromatic N) is 1. The van der Waals surface area contributed by atoms with Gasteiger partial charge < -0.3 is 10.6 Å². The quantitative estimate of drug-likeness (QED) is 0.655. The van der Waals surface area contributed by atoms with Gasteiger partial charge in [-0.05, 0) is 68.5 Å². The van der Waals surface area contributed by atoms with Crippen molar-refractivity contribution in [3.8, 4) is 0 Å². The number of anilines is 1. The molecule has 1 aliphatic rings. The zero-order valence-corrected chi connectivity index (χ0v) is 16.2. The number of fused-ring (bicyclic) bond motifs is 1. The average Bonchev–Trinajstić information content (AvgIpc) is 2.71. The Balaban J connectivity index is 1.33. The van der Waals surface area contributed by atoms with Crippen LogP contribution in [-0.2, 0) is 0 Å². The maximum atomic E-state index is 13.3. The maximum Gasteiger partial charge on any atom is 0.251 e. The van der Waals surface area contributed by atoms with Crippen LogP contribution in [0, 0.1) is 18.6 Å². The second-order valence-corrected chi connectivity index (χ2v) is 7.64. The Morgan fingerprint density at radius 1 is 0.966 bits per heavy atom. The van der Waals surface area contributed by atoms with Crippen LogP contribution >= 0.6 is 0 Å². The molecular formula is C23H23F2N3O. The first-order chi connectivity index (χ1) is 14.0. The Bertz CT molecular complexity index is 1050. The van der Waals surface area contributed by atoms with Gasteiger partial charge in [0.2, 0.25) is 0 Å². The van der Waals surface area contributed by atoms with Gasteiger partial charge in [0.15, 0.2) is 11.6 Å². The summed E-state index contributed by atoms with van der Waals surface area (Å²) < 4.78 is 26.4. The molecule has 1 fully saturated rings. The highest BCUT2D eigenvalue weighted by Gasteiger charge is 2.23. The van der Waals surface area contributed by atoms with Gasteiger partial charge in [0.25, 0.3) is 5.91 Å². The lowest BCUT2D eigenvalue weighted by Gasteiger charge is -2.30. The number of halogens is 2. The number of carbonyl (C=O) groups is 1. The summed E-state index contributed by atoms with van der Waals surface area (Å²) in [5, 5.41) is 7.60. The predicted octanol–water partition coefficient (Wildman–Crippen LogP) is 4.97. The molecule has 1 aliphatic carbocycles. The van der Waals surface area contributed by atoms with Crippen LogP contribution in [0.15, 0.2) is 48.5 Å². The topological polar surface area (TPSA) is 54.0 Å². The number of benzene rings is 2. The first-order valence-electron chi connectivity index (χ1n) is 9.88. The zero-order chi connectivity index (χ0) is 20.4. The number of pyridine rings is 1. The second-order valence-electron chi connectivity index (χ2n) is 7.64. The monoisotopic (exact) mass is 395 g/mol. The molecule has 2 N–H and O–H groups in total. The van der Waals surface area contributed by atoms with E-state index in [2.05, 4.69) is 29.7 Å². The van der Waals surface area contributed by atoms with Crippen molar-refractivity contribution in [1.29, 1.82) is 0 Å². The molecule has 6 heteroatoms. The number of aromatic nitrogens is 1. The van der Waals surface area contributed by atoms with Crippen LogP contribution in [0.2, 0.25) is 0 Å². The molecule has 3 aromatic rings. The number of hydrogen-bond donors (Lipinski definition) is 2. The third-order valence-electron chi connectivity index (χ3n) is 5.52. The van der Waals surface area contributed by atoms with Crippen LogP contribution in [-0.4, -0.2) is 23.0 Å². The Hall–Kier alpha value is -3.02. The maximum absolute atomic E-state index is 13.3. The van der Waals surface area contributed by atoms with E-state index in [0.29, 0.717) is 6.04 Å². The van der Waals surface area contributed by atoms with Gasteiger partial charge >= 0.3 is 0 Å². The molecule has 0 saturated heterocycles. The van der Waals surface area contributed by atoms with Gasteiger partial charge in [-0.15, -0.1) is 0 Å². The second kappa shape index (κ2) is 8.15. The van der Waals surface area contributed by atoms with Gasteiger partial charge in [0.1, 0.15) is 5.82 Å². The SMILES string of the molecule is Cc1cc(NC2CCC(NC(=O)c3ccc(F)c(F)c3)CC2)nc2ccccc12. The summed E-state index contributed by atoms with van der Waals surface area (Å²) >= 11 is 0. The Morgan fingerprint density at radius 2 is 1.69 bits per heavy atom. The molecular weight excluding hydrogens is 372 g/mol. The van der Waals surface area contributed by atoms with Gasteiger partial charge in [-0.2, -0.15) is 0 Å². The summed E-state index contributed by atoms with van der Waals surface area (Å²) in [6.45, 7) is 2.08. The molecule has 1 amide bonds. The van der Waals surface area contributed by atoms with E-state index in [4.69, 9.17) is 4.98 Å². The molecule has 0 unspecified atom stereocenters. The normalized spacial score (nSPS) is 19.1. The van der Waals surface area contributed by atoms with Crippen LogP contribution in [0.25, 0.3) is 10.9 Å². The third-order valence-corrected chi connectivity index (χ3v) is 5.52. The van der Waals surface area contributed by atoms with Crippen molar-refractivity contribution in [1.82, 2.24) is 10.3 Å². The van der Waals surface area contributed by atoms with E-state index in [9.17, 15) is 13.6 Å². The summed E-state index contributed by atoms with van der Waals surface area (Å²) in [6.07, 6.45) is 3.44. The van der Waals surface area contributed by atoms with Gasteiger partial charge in [-0.1, -0.05) is 18.2 Å². The fourth-order valence-electron chi connectivity index (χ4n) is 3.92. The lowest BCUT2D eigenvalue weighted by Crippen LogP contribution is -2.40. The van der Waals surface area contributed by atoms with Crippen LogP contribution in [0.4, 0.5) is 14.6 Å². The molecule has 29 heavy (non-hydrogen) atoms. The van der Waals surface area contributed by atoms with E-state index in [1.54, 1.807) is 0 Å². The molecule has 2 aromatic carbocycles. The van der Waals surface area contributed by atoms with Gasteiger partial charge in [-0.25, -0.2) is 13.8 Å². The van der Waals surface area contributed by atoms with Crippen molar-refractivity contribution in [2.75, 3.05) is 5.32 Å². The number of carbonyl (C=O) groups excluding carboxylic acids is 1. The summed E-state index contributed by atoms with van der Waals surface area (Å²) in [7, 11) is 0. The molecule has 0 atom stereocenters. The Morgan fingerprint density at radius 3 is 2.45 bits per heavy atom. The van der Waals surface area contributed by atoms with Crippen LogP contribution < -0.4 is 10.6 Å². The number of aryl methyl sites for hydroxylation is 1. The highest BCUT2D eigenvalue weighted by molar-refractivity contribution is 5.94. The summed E-state index contributed by atoms with van der Waals surface area (Å²) in [5.74, 6) is -1.46. The van der Waals surface area contributed by atoms with E-state index >= 15 is 0 Å². The van der Waals surface area contributed by atoms with Gasteiger partial charge in [0.05, 0.1) is 5.52 Å². The van der Waals surface area contributed by atoms with Crippen LogP contribution in [0.3, 0.4) is 0 Å². The lowest BCUT2D eigenvalue weighted by molar-refractivity contribution is 0.0926. The van der Waals surface area contributed by atoms with Crippen molar-refractivity contribution >= 4 is 22.6 Å². The van der Waals surface area contributed by atoms with Crippen molar-refractivity contribution in [3.63, 3.8) is 0 Å². The van der Waals surface area contributed by atoms with E-state index in [1.165, 1.54) is 11.6 Å². The number of rotatable bonds is 4. The average molecular weight is 395 g/mol. The number of hydrogen-bond acceptors (Lipinski definition) is 3. The molecule has 1 saturated carbocycles. The lowest BCUT2D eigenvalue weighted by atomic mass is 9.91. The summed E-state index contributed by atoms with van der Waals surface area (Å²) in [5.41, 5.74) is 2.30. The fourth-order valence-corrected chi connectivity index (χ4v) is 3.92. The Labute approximate surface area is 168 Å². The summed E-state index contributed by atoms with van der Waals surface area (Å²) in [6, 6.07) is 13.7. The molecule has 1 aromatic heterocycles. The fraction of sp³-hybridized carbons (Fsp3) is 0.304. The molecule has 150 valence electrons. The summed E-state index contributed by atoms with van der Waals surface area (Å²) in [4.78, 5) is 17.0. The minimum absolute atomic E-state index is 0.0277. The van der Waals surface area contributed by atoms with Crippen LogP contribution in [0.1, 0.15) is 41.6 Å². The van der Waals surface area contributed by atoms with E-state index in [-0.39, 0.29) is 17.5 Å².